The standard InChI is InChI=1S/C19H16N4O3/c1-10-13-5-3-4-6-14(13)18(25)23(10)11(2)17(24)20-12-7-8-15-16(9-12)22-19(26)21-15/h3-9,11H,1H2,2H3,(H,20,24)(H2,21,22,26). The van der Waals surface area contributed by atoms with Crippen LogP contribution in [0.1, 0.15) is 22.8 Å². The van der Waals surface area contributed by atoms with Gasteiger partial charge in [0.15, 0.2) is 0 Å². The van der Waals surface area contributed by atoms with Crippen molar-refractivity contribution in [3.63, 3.8) is 0 Å². The molecule has 4 rings (SSSR count). The van der Waals surface area contributed by atoms with Crippen LogP contribution in [0.5, 0.6) is 0 Å². The fourth-order valence-electron chi connectivity index (χ4n) is 3.19. The van der Waals surface area contributed by atoms with E-state index in [1.165, 1.54) is 4.90 Å². The zero-order valence-electron chi connectivity index (χ0n) is 14.0. The second kappa shape index (κ2) is 5.73. The van der Waals surface area contributed by atoms with Crippen LogP contribution in [0.2, 0.25) is 0 Å². The van der Waals surface area contributed by atoms with Crippen LogP contribution in [0.15, 0.2) is 53.8 Å². The van der Waals surface area contributed by atoms with Gasteiger partial charge >= 0.3 is 5.69 Å². The highest BCUT2D eigenvalue weighted by Crippen LogP contribution is 2.33. The van der Waals surface area contributed by atoms with Gasteiger partial charge in [0.25, 0.3) is 5.91 Å². The zero-order chi connectivity index (χ0) is 18.4. The molecule has 0 saturated carbocycles. The van der Waals surface area contributed by atoms with E-state index in [9.17, 15) is 14.4 Å². The van der Waals surface area contributed by atoms with Crippen molar-refractivity contribution in [3.05, 3.63) is 70.7 Å². The third-order valence-corrected chi connectivity index (χ3v) is 4.53. The lowest BCUT2D eigenvalue weighted by molar-refractivity contribution is -0.119. The van der Waals surface area contributed by atoms with Gasteiger partial charge in [-0.2, -0.15) is 0 Å². The molecule has 2 heterocycles. The van der Waals surface area contributed by atoms with Crippen LogP contribution in [0.25, 0.3) is 16.7 Å². The number of fused-ring (bicyclic) bond motifs is 2. The molecule has 1 atom stereocenters. The van der Waals surface area contributed by atoms with E-state index in [0.717, 1.165) is 5.56 Å². The molecule has 1 aromatic heterocycles. The van der Waals surface area contributed by atoms with Gasteiger partial charge in [-0.15, -0.1) is 0 Å². The zero-order valence-corrected chi connectivity index (χ0v) is 14.0. The first kappa shape index (κ1) is 15.9. The summed E-state index contributed by atoms with van der Waals surface area (Å²) in [5.41, 5.74) is 3.26. The molecular weight excluding hydrogens is 332 g/mol. The van der Waals surface area contributed by atoms with E-state index < -0.39 is 6.04 Å². The summed E-state index contributed by atoms with van der Waals surface area (Å²) in [7, 11) is 0. The van der Waals surface area contributed by atoms with Crippen LogP contribution in [-0.4, -0.2) is 32.7 Å². The smallest absolute Gasteiger partial charge is 0.323 e. The Morgan fingerprint density at radius 1 is 1.08 bits per heavy atom. The summed E-state index contributed by atoms with van der Waals surface area (Å²) in [4.78, 5) is 43.3. The second-order valence-corrected chi connectivity index (χ2v) is 6.17. The van der Waals surface area contributed by atoms with Crippen LogP contribution in [0.3, 0.4) is 0 Å². The maximum absolute atomic E-state index is 12.7. The van der Waals surface area contributed by atoms with Crippen molar-refractivity contribution in [3.8, 4) is 0 Å². The summed E-state index contributed by atoms with van der Waals surface area (Å²) in [5.74, 6) is -0.580. The summed E-state index contributed by atoms with van der Waals surface area (Å²) >= 11 is 0. The molecule has 130 valence electrons. The van der Waals surface area contributed by atoms with E-state index in [1.807, 2.05) is 12.1 Å². The largest absolute Gasteiger partial charge is 0.324 e. The Morgan fingerprint density at radius 3 is 2.50 bits per heavy atom. The average molecular weight is 348 g/mol. The Labute approximate surface area is 148 Å². The maximum Gasteiger partial charge on any atom is 0.323 e. The molecular formula is C19H16N4O3. The van der Waals surface area contributed by atoms with Crippen molar-refractivity contribution in [2.24, 2.45) is 0 Å². The van der Waals surface area contributed by atoms with E-state index in [0.29, 0.717) is 28.0 Å². The predicted octanol–water partition coefficient (Wildman–Crippen LogP) is 2.31. The minimum absolute atomic E-state index is 0.237. The SMILES string of the molecule is C=C1c2ccccc2C(=O)N1C(C)C(=O)Nc1ccc2[nH]c(=O)[nH]c2c1. The molecule has 0 spiro atoms. The molecule has 3 aromatic rings. The van der Waals surface area contributed by atoms with Crippen LogP contribution in [0, 0.1) is 0 Å². The number of carbonyl (C=O) groups is 2. The summed E-state index contributed by atoms with van der Waals surface area (Å²) in [5, 5.41) is 2.78. The number of nitrogens with one attached hydrogen (secondary N) is 3. The molecule has 26 heavy (non-hydrogen) atoms. The van der Waals surface area contributed by atoms with Crippen molar-refractivity contribution in [2.75, 3.05) is 5.32 Å². The molecule has 0 radical (unpaired) electrons. The first-order valence-electron chi connectivity index (χ1n) is 8.10. The van der Waals surface area contributed by atoms with Crippen molar-refractivity contribution >= 4 is 34.2 Å². The number of aromatic amines is 2. The third-order valence-electron chi connectivity index (χ3n) is 4.53. The highest BCUT2D eigenvalue weighted by molar-refractivity contribution is 6.12. The number of H-pyrrole nitrogens is 2. The molecule has 0 bridgehead atoms. The van der Waals surface area contributed by atoms with Gasteiger partial charge in [-0.3, -0.25) is 14.5 Å². The van der Waals surface area contributed by atoms with Gasteiger partial charge in [-0.25, -0.2) is 4.79 Å². The van der Waals surface area contributed by atoms with Crippen LogP contribution < -0.4 is 11.0 Å². The lowest BCUT2D eigenvalue weighted by Crippen LogP contribution is -2.41. The molecule has 1 aliphatic rings. The minimum Gasteiger partial charge on any atom is -0.324 e. The fraction of sp³-hybridized carbons (Fsp3) is 0.105. The van der Waals surface area contributed by atoms with Crippen LogP contribution in [0.4, 0.5) is 5.69 Å². The highest BCUT2D eigenvalue weighted by atomic mass is 16.2. The Kier molecular flexibility index (Phi) is 3.50. The number of anilines is 1. The van der Waals surface area contributed by atoms with Gasteiger partial charge in [0.2, 0.25) is 5.91 Å². The highest BCUT2D eigenvalue weighted by Gasteiger charge is 2.36. The minimum atomic E-state index is -0.733. The molecule has 1 unspecified atom stereocenters. The second-order valence-electron chi connectivity index (χ2n) is 6.17. The lowest BCUT2D eigenvalue weighted by Gasteiger charge is -2.24. The topological polar surface area (TPSA) is 98.1 Å². The first-order chi connectivity index (χ1) is 12.5. The molecule has 2 aromatic carbocycles. The van der Waals surface area contributed by atoms with Crippen molar-refractivity contribution in [1.29, 1.82) is 0 Å². The van der Waals surface area contributed by atoms with Gasteiger partial charge in [-0.1, -0.05) is 24.8 Å². The number of benzene rings is 2. The Morgan fingerprint density at radius 2 is 1.77 bits per heavy atom. The van der Waals surface area contributed by atoms with Crippen molar-refractivity contribution in [1.82, 2.24) is 14.9 Å². The lowest BCUT2D eigenvalue weighted by atomic mass is 10.1. The van der Waals surface area contributed by atoms with Gasteiger partial charge < -0.3 is 15.3 Å². The predicted molar refractivity (Wildman–Crippen MR) is 98.7 cm³/mol. The molecule has 0 saturated heterocycles. The first-order valence-corrected chi connectivity index (χ1v) is 8.10. The van der Waals surface area contributed by atoms with Gasteiger partial charge in [0, 0.05) is 22.5 Å². The van der Waals surface area contributed by atoms with E-state index in [4.69, 9.17) is 0 Å². The number of hydrogen-bond donors (Lipinski definition) is 3. The van der Waals surface area contributed by atoms with Crippen LogP contribution in [-0.2, 0) is 4.79 Å². The third kappa shape index (κ3) is 2.41. The number of carbonyl (C=O) groups excluding carboxylic acids is 2. The van der Waals surface area contributed by atoms with Crippen molar-refractivity contribution < 1.29 is 9.59 Å². The fourth-order valence-corrected chi connectivity index (χ4v) is 3.19. The van der Waals surface area contributed by atoms with E-state index in [-0.39, 0.29) is 17.5 Å². The van der Waals surface area contributed by atoms with Gasteiger partial charge in [-0.05, 0) is 31.2 Å². The normalized spacial score (nSPS) is 14.6. The monoisotopic (exact) mass is 348 g/mol. The number of aromatic nitrogens is 2. The Bertz CT molecular complexity index is 1090. The molecule has 7 heteroatoms. The summed E-state index contributed by atoms with van der Waals surface area (Å²) in [6.45, 7) is 5.62. The average Bonchev–Trinajstić information content (AvgIpc) is 3.11. The van der Waals surface area contributed by atoms with Crippen molar-refractivity contribution in [2.45, 2.75) is 13.0 Å². The van der Waals surface area contributed by atoms with Crippen LogP contribution >= 0.6 is 0 Å². The molecule has 3 N–H and O–H groups in total. The van der Waals surface area contributed by atoms with Gasteiger partial charge in [0.1, 0.15) is 6.04 Å². The van der Waals surface area contributed by atoms with E-state index in [1.54, 1.807) is 37.3 Å². The summed E-state index contributed by atoms with van der Waals surface area (Å²) in [6, 6.07) is 11.5. The number of hydrogen-bond acceptors (Lipinski definition) is 3. The molecule has 0 fully saturated rings. The molecule has 1 aliphatic heterocycles. The Balaban J connectivity index is 1.57. The number of amides is 2. The number of rotatable bonds is 3. The summed E-state index contributed by atoms with van der Waals surface area (Å²) < 4.78 is 0. The molecule has 7 nitrogen and oxygen atoms in total. The molecule has 2 amide bonds. The number of imidazole rings is 1. The molecule has 0 aliphatic carbocycles. The van der Waals surface area contributed by atoms with E-state index in [2.05, 4.69) is 21.9 Å². The summed E-state index contributed by atoms with van der Waals surface area (Å²) in [6.07, 6.45) is 0. The number of nitrogens with zero attached hydrogens (tertiary/aromatic N) is 1. The van der Waals surface area contributed by atoms with Gasteiger partial charge in [0.05, 0.1) is 11.0 Å². The van der Waals surface area contributed by atoms with E-state index >= 15 is 0 Å². The Hall–Kier alpha value is -3.61. The quantitative estimate of drug-likeness (QED) is 0.677. The maximum atomic E-state index is 12.7.